The van der Waals surface area contributed by atoms with E-state index < -0.39 is 17.7 Å². The number of amides is 1. The number of aromatic nitrogens is 1. The molecule has 128 valence electrons. The lowest BCUT2D eigenvalue weighted by Crippen LogP contribution is -2.47. The Balaban J connectivity index is 1.98. The molecule has 0 unspecified atom stereocenters. The summed E-state index contributed by atoms with van der Waals surface area (Å²) in [5, 5.41) is 3.10. The first-order chi connectivity index (χ1) is 11.5. The number of rotatable bonds is 4. The Labute approximate surface area is 140 Å². The molecule has 2 heterocycles. The molecule has 6 heteroatoms. The lowest BCUT2D eigenvalue weighted by molar-refractivity contribution is -0.133. The van der Waals surface area contributed by atoms with Gasteiger partial charge in [0.2, 0.25) is 5.91 Å². The zero-order valence-electron chi connectivity index (χ0n) is 13.8. The average Bonchev–Trinajstić information content (AvgIpc) is 3.00. The quantitative estimate of drug-likeness (QED) is 0.934. The van der Waals surface area contributed by atoms with Crippen molar-refractivity contribution < 1.29 is 13.6 Å². The van der Waals surface area contributed by atoms with E-state index in [2.05, 4.69) is 5.32 Å². The predicted octanol–water partition coefficient (Wildman–Crippen LogP) is 2.70. The minimum atomic E-state index is -0.635. The molecular weight excluding hydrogens is 312 g/mol. The van der Waals surface area contributed by atoms with Crippen LogP contribution in [-0.2, 0) is 11.3 Å². The second-order valence-corrected chi connectivity index (χ2v) is 6.32. The van der Waals surface area contributed by atoms with Gasteiger partial charge in [0.15, 0.2) is 0 Å². The Bertz CT molecular complexity index is 742. The molecule has 1 amide bonds. The number of nitrogens with zero attached hydrogens (tertiary/aromatic N) is 2. The van der Waals surface area contributed by atoms with Gasteiger partial charge in [-0.1, -0.05) is 19.9 Å². The molecule has 0 radical (unpaired) electrons. The number of hydrogen-bond acceptors (Lipinski definition) is 2. The molecular formula is C18H21F2N3O. The summed E-state index contributed by atoms with van der Waals surface area (Å²) in [6.45, 7) is 5.27. The fourth-order valence-corrected chi connectivity index (χ4v) is 3.10. The average molecular weight is 333 g/mol. The van der Waals surface area contributed by atoms with Gasteiger partial charge >= 0.3 is 0 Å². The highest BCUT2D eigenvalue weighted by Crippen LogP contribution is 2.34. The van der Waals surface area contributed by atoms with Crippen molar-refractivity contribution in [3.63, 3.8) is 0 Å². The number of benzene rings is 1. The molecule has 24 heavy (non-hydrogen) atoms. The zero-order chi connectivity index (χ0) is 17.3. The fourth-order valence-electron chi connectivity index (χ4n) is 3.10. The van der Waals surface area contributed by atoms with Gasteiger partial charge in [-0.05, 0) is 18.2 Å². The molecule has 0 fully saturated rings. The maximum absolute atomic E-state index is 14.4. The van der Waals surface area contributed by atoms with Crippen molar-refractivity contribution in [2.45, 2.75) is 32.5 Å². The van der Waals surface area contributed by atoms with E-state index in [4.69, 9.17) is 0 Å². The summed E-state index contributed by atoms with van der Waals surface area (Å²) in [7, 11) is 0. The van der Waals surface area contributed by atoms with Crippen LogP contribution in [0.1, 0.15) is 31.1 Å². The lowest BCUT2D eigenvalue weighted by Gasteiger charge is -2.37. The van der Waals surface area contributed by atoms with Crippen LogP contribution in [0.4, 0.5) is 8.78 Å². The number of nitrogens with one attached hydrogen (secondary N) is 1. The molecule has 1 aliphatic rings. The number of fused-ring (bicyclic) bond motifs is 1. The molecule has 1 aromatic carbocycles. The van der Waals surface area contributed by atoms with Gasteiger partial charge in [-0.15, -0.1) is 0 Å². The first kappa shape index (κ1) is 16.6. The standard InChI is InChI=1S/C18H21F2N3O/c1-12(2)21-11-17(24)23-9-8-22-7-3-4-16(22)18(23)14-6-5-13(19)10-15(14)20/h3-7,10,12,18,21H,8-9,11H2,1-2H3/t18-/m1/s1. The SMILES string of the molecule is CC(C)NCC(=O)N1CCn2cccc2[C@H]1c1ccc(F)cc1F. The summed E-state index contributed by atoms with van der Waals surface area (Å²) in [5.74, 6) is -1.35. The van der Waals surface area contributed by atoms with Gasteiger partial charge in [0.25, 0.3) is 0 Å². The Hall–Kier alpha value is -2.21. The fraction of sp³-hybridized carbons (Fsp3) is 0.389. The van der Waals surface area contributed by atoms with E-state index in [-0.39, 0.29) is 18.5 Å². The van der Waals surface area contributed by atoms with Crippen molar-refractivity contribution in [1.29, 1.82) is 0 Å². The summed E-state index contributed by atoms with van der Waals surface area (Å²) in [4.78, 5) is 14.3. The Morgan fingerprint density at radius 3 is 2.79 bits per heavy atom. The van der Waals surface area contributed by atoms with Gasteiger partial charge in [0.1, 0.15) is 17.7 Å². The molecule has 0 spiro atoms. The molecule has 0 saturated carbocycles. The van der Waals surface area contributed by atoms with E-state index >= 15 is 0 Å². The van der Waals surface area contributed by atoms with Crippen molar-refractivity contribution in [1.82, 2.24) is 14.8 Å². The summed E-state index contributed by atoms with van der Waals surface area (Å²) in [6.07, 6.45) is 1.91. The van der Waals surface area contributed by atoms with Gasteiger partial charge in [-0.3, -0.25) is 4.79 Å². The van der Waals surface area contributed by atoms with Gasteiger partial charge in [0, 0.05) is 42.7 Å². The minimum Gasteiger partial charge on any atom is -0.348 e. The zero-order valence-corrected chi connectivity index (χ0v) is 13.8. The third kappa shape index (κ3) is 3.19. The maximum Gasteiger partial charge on any atom is 0.237 e. The van der Waals surface area contributed by atoms with E-state index in [9.17, 15) is 13.6 Å². The van der Waals surface area contributed by atoms with Crippen molar-refractivity contribution in [2.24, 2.45) is 0 Å². The third-order valence-electron chi connectivity index (χ3n) is 4.28. The highest BCUT2D eigenvalue weighted by atomic mass is 19.1. The summed E-state index contributed by atoms with van der Waals surface area (Å²) in [5.41, 5.74) is 1.15. The highest BCUT2D eigenvalue weighted by molar-refractivity contribution is 5.79. The van der Waals surface area contributed by atoms with Gasteiger partial charge in [0.05, 0.1) is 6.54 Å². The molecule has 1 N–H and O–H groups in total. The van der Waals surface area contributed by atoms with Crippen LogP contribution in [0.3, 0.4) is 0 Å². The van der Waals surface area contributed by atoms with Gasteiger partial charge in [-0.25, -0.2) is 8.78 Å². The number of carbonyl (C=O) groups excluding carboxylic acids is 1. The summed E-state index contributed by atoms with van der Waals surface area (Å²) < 4.78 is 29.7. The van der Waals surface area contributed by atoms with Crippen LogP contribution in [0.2, 0.25) is 0 Å². The largest absolute Gasteiger partial charge is 0.348 e. The van der Waals surface area contributed by atoms with Crippen molar-refractivity contribution >= 4 is 5.91 Å². The van der Waals surface area contributed by atoms with Gasteiger partial charge < -0.3 is 14.8 Å². The summed E-state index contributed by atoms with van der Waals surface area (Å²) >= 11 is 0. The van der Waals surface area contributed by atoms with Crippen LogP contribution < -0.4 is 5.32 Å². The summed E-state index contributed by atoms with van der Waals surface area (Å²) in [6, 6.07) is 6.92. The molecule has 0 aliphatic carbocycles. The smallest absolute Gasteiger partial charge is 0.237 e. The van der Waals surface area contributed by atoms with Crippen LogP contribution in [-0.4, -0.2) is 34.5 Å². The molecule has 1 aliphatic heterocycles. The van der Waals surface area contributed by atoms with E-state index in [1.54, 1.807) is 4.90 Å². The number of hydrogen-bond donors (Lipinski definition) is 1. The number of carbonyl (C=O) groups is 1. The van der Waals surface area contributed by atoms with Crippen LogP contribution in [0, 0.1) is 11.6 Å². The maximum atomic E-state index is 14.4. The monoisotopic (exact) mass is 333 g/mol. The van der Waals surface area contributed by atoms with Crippen LogP contribution >= 0.6 is 0 Å². The van der Waals surface area contributed by atoms with Crippen molar-refractivity contribution in [2.75, 3.05) is 13.1 Å². The number of halogens is 2. The molecule has 4 nitrogen and oxygen atoms in total. The van der Waals surface area contributed by atoms with Crippen LogP contribution in [0.5, 0.6) is 0 Å². The third-order valence-corrected chi connectivity index (χ3v) is 4.28. The topological polar surface area (TPSA) is 37.3 Å². The molecule has 0 saturated heterocycles. The van der Waals surface area contributed by atoms with Crippen LogP contribution in [0.25, 0.3) is 0 Å². The molecule has 0 bridgehead atoms. The van der Waals surface area contributed by atoms with E-state index in [1.165, 1.54) is 12.1 Å². The van der Waals surface area contributed by atoms with Gasteiger partial charge in [-0.2, -0.15) is 0 Å². The Kier molecular flexibility index (Phi) is 4.66. The van der Waals surface area contributed by atoms with Crippen LogP contribution in [0.15, 0.2) is 36.5 Å². The van der Waals surface area contributed by atoms with Crippen molar-refractivity contribution in [3.05, 3.63) is 59.4 Å². The molecule has 3 rings (SSSR count). The highest BCUT2D eigenvalue weighted by Gasteiger charge is 2.33. The minimum absolute atomic E-state index is 0.0927. The normalized spacial score (nSPS) is 17.2. The second kappa shape index (κ2) is 6.73. The predicted molar refractivity (Wildman–Crippen MR) is 87.5 cm³/mol. The molecule has 1 aromatic heterocycles. The second-order valence-electron chi connectivity index (χ2n) is 6.32. The first-order valence-corrected chi connectivity index (χ1v) is 8.10. The molecule has 1 atom stereocenters. The van der Waals surface area contributed by atoms with E-state index in [0.29, 0.717) is 18.7 Å². The first-order valence-electron chi connectivity index (χ1n) is 8.10. The van der Waals surface area contributed by atoms with E-state index in [0.717, 1.165) is 11.8 Å². The molecule has 2 aromatic rings. The van der Waals surface area contributed by atoms with Crippen molar-refractivity contribution in [3.8, 4) is 0 Å². The Morgan fingerprint density at radius 1 is 1.29 bits per heavy atom. The Morgan fingerprint density at radius 2 is 2.08 bits per heavy atom. The van der Waals surface area contributed by atoms with E-state index in [1.807, 2.05) is 36.7 Å². The lowest BCUT2D eigenvalue weighted by atomic mass is 9.99.